The number of methoxy groups -OCH3 is 1. The second-order valence-electron chi connectivity index (χ2n) is 5.88. The summed E-state index contributed by atoms with van der Waals surface area (Å²) >= 11 is 1.80. The van der Waals surface area contributed by atoms with E-state index in [1.165, 1.54) is 17.0 Å². The number of anilines is 1. The molecule has 130 valence electrons. The third-order valence-corrected chi connectivity index (χ3v) is 4.96. The molecule has 4 nitrogen and oxygen atoms in total. The number of fused-ring (bicyclic) bond motifs is 1. The summed E-state index contributed by atoms with van der Waals surface area (Å²) in [5, 5.41) is 2.13. The van der Waals surface area contributed by atoms with Gasteiger partial charge in [-0.3, -0.25) is 0 Å². The second-order valence-corrected chi connectivity index (χ2v) is 6.91. The van der Waals surface area contributed by atoms with E-state index in [0.29, 0.717) is 13.2 Å². The fourth-order valence-electron chi connectivity index (χ4n) is 2.84. The van der Waals surface area contributed by atoms with Gasteiger partial charge in [-0.15, -0.1) is 11.3 Å². The molecule has 0 amide bonds. The molecule has 0 aliphatic carbocycles. The molecular formula is C19H25NO3S. The van der Waals surface area contributed by atoms with Crippen LogP contribution in [0.2, 0.25) is 0 Å². The molecule has 0 bridgehead atoms. The summed E-state index contributed by atoms with van der Waals surface area (Å²) in [6.45, 7) is 4.06. The van der Waals surface area contributed by atoms with Crippen molar-refractivity contribution in [3.05, 3.63) is 40.6 Å². The van der Waals surface area contributed by atoms with Gasteiger partial charge in [0.15, 0.2) is 11.5 Å². The first-order valence-electron chi connectivity index (χ1n) is 8.53. The van der Waals surface area contributed by atoms with E-state index in [2.05, 4.69) is 34.5 Å². The molecule has 0 spiro atoms. The van der Waals surface area contributed by atoms with E-state index < -0.39 is 0 Å². The third kappa shape index (κ3) is 4.65. The largest absolute Gasteiger partial charge is 0.486 e. The van der Waals surface area contributed by atoms with Crippen LogP contribution in [0.1, 0.15) is 24.1 Å². The molecule has 1 aliphatic rings. The summed E-state index contributed by atoms with van der Waals surface area (Å²) in [5.74, 6) is 1.70. The fraction of sp³-hybridized carbons (Fsp3) is 0.474. The number of hydrogen-bond donors (Lipinski definition) is 0. The van der Waals surface area contributed by atoms with Gasteiger partial charge in [0.2, 0.25) is 0 Å². The van der Waals surface area contributed by atoms with E-state index in [1.54, 1.807) is 18.4 Å². The van der Waals surface area contributed by atoms with Crippen molar-refractivity contribution in [2.75, 3.05) is 38.4 Å². The molecule has 0 N–H and O–H groups in total. The highest BCUT2D eigenvalue weighted by Crippen LogP contribution is 2.34. The summed E-state index contributed by atoms with van der Waals surface area (Å²) in [4.78, 5) is 3.80. The van der Waals surface area contributed by atoms with E-state index in [0.717, 1.165) is 44.0 Å². The van der Waals surface area contributed by atoms with Crippen LogP contribution in [0.15, 0.2) is 35.7 Å². The lowest BCUT2D eigenvalue weighted by molar-refractivity contribution is 0.171. The number of unbranched alkanes of at least 4 members (excludes halogenated alkanes) is 2. The molecule has 2 aromatic rings. The Morgan fingerprint density at radius 1 is 1.08 bits per heavy atom. The molecule has 1 aliphatic heterocycles. The van der Waals surface area contributed by atoms with Crippen LogP contribution in [0, 0.1) is 0 Å². The zero-order valence-corrected chi connectivity index (χ0v) is 15.0. The Bertz CT molecular complexity index is 615. The Hall–Kier alpha value is -1.72. The van der Waals surface area contributed by atoms with Gasteiger partial charge in [-0.25, -0.2) is 0 Å². The molecule has 1 aromatic carbocycles. The molecule has 3 rings (SSSR count). The molecular weight excluding hydrogens is 322 g/mol. The van der Waals surface area contributed by atoms with Crippen molar-refractivity contribution in [3.63, 3.8) is 0 Å². The quantitative estimate of drug-likeness (QED) is 0.631. The van der Waals surface area contributed by atoms with E-state index in [9.17, 15) is 0 Å². The number of ether oxygens (including phenoxy) is 3. The van der Waals surface area contributed by atoms with Gasteiger partial charge < -0.3 is 19.1 Å². The average Bonchev–Trinajstić information content (AvgIpc) is 3.13. The highest BCUT2D eigenvalue weighted by molar-refractivity contribution is 7.09. The van der Waals surface area contributed by atoms with E-state index >= 15 is 0 Å². The Labute approximate surface area is 148 Å². The monoisotopic (exact) mass is 347 g/mol. The zero-order valence-electron chi connectivity index (χ0n) is 14.2. The summed E-state index contributed by atoms with van der Waals surface area (Å²) in [7, 11) is 1.76. The maximum Gasteiger partial charge on any atom is 0.163 e. The second kappa shape index (κ2) is 8.94. The van der Waals surface area contributed by atoms with Crippen molar-refractivity contribution in [2.24, 2.45) is 0 Å². The lowest BCUT2D eigenvalue weighted by Gasteiger charge is -2.26. The summed E-state index contributed by atoms with van der Waals surface area (Å²) in [5.41, 5.74) is 1.19. The van der Waals surface area contributed by atoms with E-state index in [4.69, 9.17) is 14.2 Å². The van der Waals surface area contributed by atoms with Gasteiger partial charge in [0.1, 0.15) is 13.2 Å². The highest BCUT2D eigenvalue weighted by atomic mass is 32.1. The van der Waals surface area contributed by atoms with Gasteiger partial charge >= 0.3 is 0 Å². The molecule has 0 radical (unpaired) electrons. The molecule has 0 atom stereocenters. The number of thiophene rings is 1. The topological polar surface area (TPSA) is 30.9 Å². The predicted molar refractivity (Wildman–Crippen MR) is 98.5 cm³/mol. The van der Waals surface area contributed by atoms with Crippen LogP contribution in [0.5, 0.6) is 11.5 Å². The van der Waals surface area contributed by atoms with Crippen molar-refractivity contribution < 1.29 is 14.2 Å². The van der Waals surface area contributed by atoms with Crippen LogP contribution >= 0.6 is 11.3 Å². The summed E-state index contributed by atoms with van der Waals surface area (Å²) in [6.07, 6.45) is 3.45. The molecule has 1 aromatic heterocycles. The van der Waals surface area contributed by atoms with Crippen LogP contribution in [0.25, 0.3) is 0 Å². The van der Waals surface area contributed by atoms with Gasteiger partial charge in [-0.2, -0.15) is 0 Å². The summed E-state index contributed by atoms with van der Waals surface area (Å²) < 4.78 is 16.5. The predicted octanol–water partition coefficient (Wildman–Crippen LogP) is 4.34. The minimum Gasteiger partial charge on any atom is -0.486 e. The Morgan fingerprint density at radius 2 is 1.96 bits per heavy atom. The lowest BCUT2D eigenvalue weighted by Crippen LogP contribution is -2.24. The maximum absolute atomic E-state index is 5.74. The number of hydrogen-bond acceptors (Lipinski definition) is 5. The van der Waals surface area contributed by atoms with Crippen molar-refractivity contribution in [3.8, 4) is 11.5 Å². The van der Waals surface area contributed by atoms with Crippen LogP contribution in [-0.4, -0.2) is 33.5 Å². The maximum atomic E-state index is 5.74. The first-order chi connectivity index (χ1) is 11.9. The fourth-order valence-corrected chi connectivity index (χ4v) is 3.56. The standard InChI is InChI=1S/C19H25NO3S/c1-21-10-4-2-3-9-20(15-17-6-5-13-24-17)16-7-8-18-19(14-16)23-12-11-22-18/h5-8,13-14H,2-4,9-12,15H2,1H3. The third-order valence-electron chi connectivity index (χ3n) is 4.09. The molecule has 0 saturated carbocycles. The van der Waals surface area contributed by atoms with Crippen LogP contribution < -0.4 is 14.4 Å². The van der Waals surface area contributed by atoms with Crippen LogP contribution in [0.3, 0.4) is 0 Å². The van der Waals surface area contributed by atoms with Crippen LogP contribution in [-0.2, 0) is 11.3 Å². The van der Waals surface area contributed by atoms with Gasteiger partial charge in [0, 0.05) is 36.9 Å². The Kier molecular flexibility index (Phi) is 6.38. The Morgan fingerprint density at radius 3 is 2.75 bits per heavy atom. The number of nitrogens with zero attached hydrogens (tertiary/aromatic N) is 1. The van der Waals surface area contributed by atoms with E-state index in [1.807, 2.05) is 6.07 Å². The normalized spacial score (nSPS) is 13.0. The zero-order chi connectivity index (χ0) is 16.6. The molecule has 0 fully saturated rings. The minimum absolute atomic E-state index is 0.623. The van der Waals surface area contributed by atoms with Gasteiger partial charge in [-0.1, -0.05) is 6.07 Å². The highest BCUT2D eigenvalue weighted by Gasteiger charge is 2.15. The first kappa shape index (κ1) is 17.1. The van der Waals surface area contributed by atoms with Crippen molar-refractivity contribution >= 4 is 17.0 Å². The van der Waals surface area contributed by atoms with Crippen LogP contribution in [0.4, 0.5) is 5.69 Å². The minimum atomic E-state index is 0.623. The lowest BCUT2D eigenvalue weighted by atomic mass is 10.2. The van der Waals surface area contributed by atoms with Crippen molar-refractivity contribution in [1.29, 1.82) is 0 Å². The smallest absolute Gasteiger partial charge is 0.163 e. The van der Waals surface area contributed by atoms with Gasteiger partial charge in [0.25, 0.3) is 0 Å². The first-order valence-corrected chi connectivity index (χ1v) is 9.40. The van der Waals surface area contributed by atoms with Gasteiger partial charge in [-0.05, 0) is 42.8 Å². The molecule has 0 unspecified atom stereocenters. The molecule has 24 heavy (non-hydrogen) atoms. The van der Waals surface area contributed by atoms with Gasteiger partial charge in [0.05, 0.1) is 6.54 Å². The molecule has 0 saturated heterocycles. The van der Waals surface area contributed by atoms with Crippen molar-refractivity contribution in [1.82, 2.24) is 0 Å². The Balaban J connectivity index is 1.68. The molecule has 2 heterocycles. The molecule has 5 heteroatoms. The number of rotatable bonds is 9. The SMILES string of the molecule is COCCCCCN(Cc1cccs1)c1ccc2c(c1)OCCO2. The average molecular weight is 347 g/mol. The number of benzene rings is 1. The van der Waals surface area contributed by atoms with E-state index in [-0.39, 0.29) is 0 Å². The van der Waals surface area contributed by atoms with Crippen molar-refractivity contribution in [2.45, 2.75) is 25.8 Å². The summed E-state index contributed by atoms with van der Waals surface area (Å²) in [6, 6.07) is 10.6.